The van der Waals surface area contributed by atoms with E-state index in [4.69, 9.17) is 13.9 Å². The highest BCUT2D eigenvalue weighted by molar-refractivity contribution is 7.99. The van der Waals surface area contributed by atoms with Gasteiger partial charge in [0.25, 0.3) is 5.89 Å². The molecule has 1 atom stereocenters. The van der Waals surface area contributed by atoms with Crippen molar-refractivity contribution in [1.82, 2.24) is 25.0 Å². The van der Waals surface area contributed by atoms with Crippen molar-refractivity contribution >= 4 is 23.1 Å². The second-order valence-electron chi connectivity index (χ2n) is 8.22. The van der Waals surface area contributed by atoms with Crippen LogP contribution in [0, 0.1) is 0 Å². The molecule has 0 unspecified atom stereocenters. The molecule has 0 radical (unpaired) electrons. The fourth-order valence-electron chi connectivity index (χ4n) is 4.31. The lowest BCUT2D eigenvalue weighted by atomic mass is 9.95. The molecule has 5 rings (SSSR count). The fourth-order valence-corrected chi connectivity index (χ4v) is 5.90. The number of benzene rings is 1. The Labute approximate surface area is 206 Å². The normalized spacial score (nSPS) is 15.4. The SMILES string of the molecule is COc1ccc(-c2nnc(S[C@@H](C)c3nnc(-c4cccs4)o3)n2C2CCCCC2)cc1OC. The van der Waals surface area contributed by atoms with E-state index in [9.17, 15) is 0 Å². The summed E-state index contributed by atoms with van der Waals surface area (Å²) < 4.78 is 19.2. The maximum absolute atomic E-state index is 5.97. The number of nitrogens with zero attached hydrogens (tertiary/aromatic N) is 5. The van der Waals surface area contributed by atoms with Gasteiger partial charge in [-0.05, 0) is 49.4 Å². The van der Waals surface area contributed by atoms with Gasteiger partial charge >= 0.3 is 0 Å². The Bertz CT molecular complexity index is 1230. The number of rotatable bonds is 8. The maximum atomic E-state index is 5.97. The van der Waals surface area contributed by atoms with Crippen LogP contribution in [0.2, 0.25) is 0 Å². The van der Waals surface area contributed by atoms with Crippen molar-refractivity contribution in [2.24, 2.45) is 0 Å². The van der Waals surface area contributed by atoms with Gasteiger partial charge in [0, 0.05) is 11.6 Å². The second kappa shape index (κ2) is 10.2. The second-order valence-corrected chi connectivity index (χ2v) is 10.5. The molecule has 0 spiro atoms. The van der Waals surface area contributed by atoms with Gasteiger partial charge in [0.05, 0.1) is 24.3 Å². The van der Waals surface area contributed by atoms with Crippen molar-refractivity contribution in [3.8, 4) is 33.7 Å². The van der Waals surface area contributed by atoms with Gasteiger partial charge < -0.3 is 13.9 Å². The summed E-state index contributed by atoms with van der Waals surface area (Å²) in [5.74, 6) is 3.34. The van der Waals surface area contributed by atoms with Gasteiger partial charge in [-0.25, -0.2) is 0 Å². The quantitative estimate of drug-likeness (QED) is 0.257. The average molecular weight is 498 g/mol. The van der Waals surface area contributed by atoms with E-state index in [0.29, 0.717) is 29.3 Å². The zero-order valence-electron chi connectivity index (χ0n) is 19.4. The predicted octanol–water partition coefficient (Wildman–Crippen LogP) is 6.43. The summed E-state index contributed by atoms with van der Waals surface area (Å²) in [6.45, 7) is 2.06. The number of thiophene rings is 1. The van der Waals surface area contributed by atoms with E-state index < -0.39 is 0 Å². The molecule has 3 aromatic heterocycles. The standard InChI is InChI=1S/C24H27N5O3S2/c1-15(22-26-27-23(32-22)20-10-7-13-33-20)34-24-28-25-21(29(24)17-8-5-4-6-9-17)16-11-12-18(30-2)19(14-16)31-3/h7,10-15,17H,4-6,8-9H2,1-3H3/t15-/m0/s1. The molecule has 10 heteroatoms. The first-order valence-corrected chi connectivity index (χ1v) is 13.1. The molecule has 8 nitrogen and oxygen atoms in total. The van der Waals surface area contributed by atoms with E-state index in [1.165, 1.54) is 19.3 Å². The minimum atomic E-state index is -0.0639. The number of hydrogen-bond donors (Lipinski definition) is 0. The third-order valence-corrected chi connectivity index (χ3v) is 7.95. The molecule has 178 valence electrons. The van der Waals surface area contributed by atoms with E-state index in [1.807, 2.05) is 35.7 Å². The van der Waals surface area contributed by atoms with E-state index in [2.05, 4.69) is 31.9 Å². The van der Waals surface area contributed by atoms with Crippen LogP contribution < -0.4 is 9.47 Å². The maximum Gasteiger partial charge on any atom is 0.257 e. The summed E-state index contributed by atoms with van der Waals surface area (Å²) in [7, 11) is 3.28. The van der Waals surface area contributed by atoms with Gasteiger partial charge in [-0.2, -0.15) is 0 Å². The lowest BCUT2D eigenvalue weighted by molar-refractivity contribution is 0.338. The van der Waals surface area contributed by atoms with Gasteiger partial charge in [-0.3, -0.25) is 4.57 Å². The number of methoxy groups -OCH3 is 2. The van der Waals surface area contributed by atoms with Crippen LogP contribution in [-0.2, 0) is 0 Å². The molecule has 1 aliphatic rings. The summed E-state index contributed by atoms with van der Waals surface area (Å²) in [6.07, 6.45) is 5.92. The molecule has 0 bridgehead atoms. The van der Waals surface area contributed by atoms with Crippen LogP contribution in [0.1, 0.15) is 56.2 Å². The first kappa shape index (κ1) is 22.9. The van der Waals surface area contributed by atoms with Crippen molar-refractivity contribution in [2.75, 3.05) is 14.2 Å². The number of aromatic nitrogens is 5. The predicted molar refractivity (Wildman–Crippen MR) is 133 cm³/mol. The van der Waals surface area contributed by atoms with E-state index in [1.54, 1.807) is 37.3 Å². The van der Waals surface area contributed by atoms with E-state index >= 15 is 0 Å². The van der Waals surface area contributed by atoms with Crippen LogP contribution in [0.3, 0.4) is 0 Å². The Morgan fingerprint density at radius 3 is 2.59 bits per heavy atom. The summed E-state index contributed by atoms with van der Waals surface area (Å²) in [6, 6.07) is 10.2. The zero-order valence-corrected chi connectivity index (χ0v) is 21.1. The molecular formula is C24H27N5O3S2. The Morgan fingerprint density at radius 2 is 1.85 bits per heavy atom. The van der Waals surface area contributed by atoms with E-state index in [-0.39, 0.29) is 5.25 Å². The molecular weight excluding hydrogens is 470 g/mol. The summed E-state index contributed by atoms with van der Waals surface area (Å²) in [4.78, 5) is 0.970. The number of ether oxygens (including phenoxy) is 2. The van der Waals surface area contributed by atoms with Crippen LogP contribution in [0.4, 0.5) is 0 Å². The van der Waals surface area contributed by atoms with Gasteiger partial charge in [-0.15, -0.1) is 31.7 Å². The van der Waals surface area contributed by atoms with Gasteiger partial charge in [0.2, 0.25) is 5.89 Å². The summed E-state index contributed by atoms with van der Waals surface area (Å²) >= 11 is 3.19. The largest absolute Gasteiger partial charge is 0.493 e. The summed E-state index contributed by atoms with van der Waals surface area (Å²) in [5.41, 5.74) is 0.952. The minimum Gasteiger partial charge on any atom is -0.493 e. The van der Waals surface area contributed by atoms with Crippen LogP contribution in [0.15, 0.2) is 45.3 Å². The van der Waals surface area contributed by atoms with Crippen molar-refractivity contribution in [3.63, 3.8) is 0 Å². The number of hydrogen-bond acceptors (Lipinski definition) is 9. The highest BCUT2D eigenvalue weighted by Gasteiger charge is 2.27. The fraction of sp³-hybridized carbons (Fsp3) is 0.417. The molecule has 0 amide bonds. The van der Waals surface area contributed by atoms with Crippen molar-refractivity contribution in [1.29, 1.82) is 0 Å². The first-order chi connectivity index (χ1) is 16.7. The van der Waals surface area contributed by atoms with Crippen LogP contribution in [-0.4, -0.2) is 39.2 Å². The smallest absolute Gasteiger partial charge is 0.257 e. The highest BCUT2D eigenvalue weighted by atomic mass is 32.2. The first-order valence-electron chi connectivity index (χ1n) is 11.4. The Hall–Kier alpha value is -2.85. The molecule has 4 aromatic rings. The Kier molecular flexibility index (Phi) is 6.87. The van der Waals surface area contributed by atoms with Gasteiger partial charge in [0.15, 0.2) is 22.5 Å². The van der Waals surface area contributed by atoms with Crippen molar-refractivity contribution < 1.29 is 13.9 Å². The molecule has 0 N–H and O–H groups in total. The van der Waals surface area contributed by atoms with Crippen LogP contribution in [0.5, 0.6) is 11.5 Å². The van der Waals surface area contributed by atoms with Crippen molar-refractivity contribution in [2.45, 2.75) is 55.5 Å². The topological polar surface area (TPSA) is 88.1 Å². The molecule has 0 saturated heterocycles. The van der Waals surface area contributed by atoms with Crippen LogP contribution in [0.25, 0.3) is 22.2 Å². The third kappa shape index (κ3) is 4.56. The molecule has 1 saturated carbocycles. The summed E-state index contributed by atoms with van der Waals surface area (Å²) in [5, 5.41) is 20.5. The Balaban J connectivity index is 1.47. The van der Waals surface area contributed by atoms with Crippen molar-refractivity contribution in [3.05, 3.63) is 41.6 Å². The third-order valence-electron chi connectivity index (χ3n) is 6.05. The molecule has 34 heavy (non-hydrogen) atoms. The lowest BCUT2D eigenvalue weighted by Crippen LogP contribution is -2.15. The van der Waals surface area contributed by atoms with Gasteiger partial charge in [0.1, 0.15) is 0 Å². The zero-order chi connectivity index (χ0) is 23.5. The minimum absolute atomic E-state index is 0.0639. The molecule has 3 heterocycles. The Morgan fingerprint density at radius 1 is 1.03 bits per heavy atom. The molecule has 1 fully saturated rings. The highest BCUT2D eigenvalue weighted by Crippen LogP contribution is 2.41. The number of thioether (sulfide) groups is 1. The molecule has 1 aliphatic carbocycles. The molecule has 0 aliphatic heterocycles. The van der Waals surface area contributed by atoms with E-state index in [0.717, 1.165) is 34.3 Å². The lowest BCUT2D eigenvalue weighted by Gasteiger charge is -2.26. The molecule has 1 aromatic carbocycles. The van der Waals surface area contributed by atoms with Crippen LogP contribution >= 0.6 is 23.1 Å². The van der Waals surface area contributed by atoms with Gasteiger partial charge in [-0.1, -0.05) is 37.1 Å². The average Bonchev–Trinajstić information content (AvgIpc) is 3.65. The monoisotopic (exact) mass is 497 g/mol.